The van der Waals surface area contributed by atoms with Gasteiger partial charge >= 0.3 is 0 Å². The van der Waals surface area contributed by atoms with Crippen molar-refractivity contribution in [3.8, 4) is 33.1 Å². The molecule has 6 aromatic heterocycles. The normalized spacial score (nSPS) is 11.5. The van der Waals surface area contributed by atoms with Crippen LogP contribution >= 0.6 is 11.3 Å². The molecular weight excluding hydrogens is 472 g/mol. The van der Waals surface area contributed by atoms with E-state index >= 15 is 0 Å². The molecule has 0 radical (unpaired) electrons. The highest BCUT2D eigenvalue weighted by Crippen LogP contribution is 2.33. The van der Waals surface area contributed by atoms with Crippen LogP contribution in [-0.2, 0) is 4.79 Å². The Labute approximate surface area is 210 Å². The lowest BCUT2D eigenvalue weighted by atomic mass is 10.1. The van der Waals surface area contributed by atoms with Crippen LogP contribution in [0.1, 0.15) is 20.3 Å². The minimum atomic E-state index is -0.0324. The number of imidazole rings is 1. The summed E-state index contributed by atoms with van der Waals surface area (Å²) in [7, 11) is 0. The first kappa shape index (κ1) is 22.1. The van der Waals surface area contributed by atoms with E-state index in [9.17, 15) is 4.79 Å². The van der Waals surface area contributed by atoms with Gasteiger partial charge in [-0.3, -0.25) is 14.9 Å². The van der Waals surface area contributed by atoms with Gasteiger partial charge < -0.3 is 10.3 Å². The van der Waals surface area contributed by atoms with E-state index in [1.165, 1.54) is 0 Å². The molecule has 3 N–H and O–H groups in total. The van der Waals surface area contributed by atoms with Crippen molar-refractivity contribution in [1.29, 1.82) is 0 Å². The second kappa shape index (κ2) is 8.97. The summed E-state index contributed by atoms with van der Waals surface area (Å²) in [5.41, 5.74) is 6.17. The summed E-state index contributed by atoms with van der Waals surface area (Å²) in [5.74, 6) is 0.858. The number of anilines is 1. The molecule has 0 aliphatic rings. The van der Waals surface area contributed by atoms with E-state index in [1.54, 1.807) is 36.1 Å². The van der Waals surface area contributed by atoms with Gasteiger partial charge in [0.25, 0.3) is 0 Å². The molecule has 0 saturated heterocycles. The topological polar surface area (TPSA) is 125 Å². The highest BCUT2D eigenvalue weighted by molar-refractivity contribution is 7.13. The van der Waals surface area contributed by atoms with Gasteiger partial charge in [-0.05, 0) is 35.6 Å². The minimum absolute atomic E-state index is 0.0324. The van der Waals surface area contributed by atoms with Crippen molar-refractivity contribution in [2.24, 2.45) is 5.92 Å². The number of amides is 1. The molecule has 0 aliphatic heterocycles. The number of aromatic nitrogens is 7. The zero-order valence-corrected chi connectivity index (χ0v) is 20.4. The Morgan fingerprint density at radius 1 is 1.08 bits per heavy atom. The summed E-state index contributed by atoms with van der Waals surface area (Å²) in [6.07, 6.45) is 7.39. The number of carbonyl (C=O) groups is 1. The van der Waals surface area contributed by atoms with Crippen molar-refractivity contribution < 1.29 is 4.79 Å². The van der Waals surface area contributed by atoms with Gasteiger partial charge in [-0.15, -0.1) is 11.3 Å². The number of fused-ring (bicyclic) bond motifs is 2. The average molecular weight is 495 g/mol. The zero-order chi connectivity index (χ0) is 24.6. The van der Waals surface area contributed by atoms with E-state index in [4.69, 9.17) is 4.98 Å². The van der Waals surface area contributed by atoms with Crippen LogP contribution in [0.3, 0.4) is 0 Å². The smallest absolute Gasteiger partial charge is 0.224 e. The summed E-state index contributed by atoms with van der Waals surface area (Å²) in [6.45, 7) is 4.03. The summed E-state index contributed by atoms with van der Waals surface area (Å²) in [4.78, 5) is 34.8. The van der Waals surface area contributed by atoms with Crippen LogP contribution in [0, 0.1) is 5.92 Å². The van der Waals surface area contributed by atoms with Crippen LogP contribution in [0.5, 0.6) is 0 Å². The highest BCUT2D eigenvalue weighted by Gasteiger charge is 2.17. The Morgan fingerprint density at radius 2 is 1.97 bits per heavy atom. The molecule has 1 amide bonds. The predicted molar refractivity (Wildman–Crippen MR) is 141 cm³/mol. The number of nitrogens with zero attached hydrogens (tertiary/aromatic N) is 5. The summed E-state index contributed by atoms with van der Waals surface area (Å²) in [5, 5.41) is 13.3. The van der Waals surface area contributed by atoms with Gasteiger partial charge in [-0.1, -0.05) is 19.9 Å². The summed E-state index contributed by atoms with van der Waals surface area (Å²) in [6, 6.07) is 9.96. The van der Waals surface area contributed by atoms with Crippen LogP contribution in [0.4, 0.5) is 5.69 Å². The molecule has 0 atom stereocenters. The fraction of sp³-hybridized carbons (Fsp3) is 0.154. The molecule has 6 aromatic rings. The molecule has 0 unspecified atom stereocenters. The van der Waals surface area contributed by atoms with Crippen molar-refractivity contribution in [2.75, 3.05) is 5.32 Å². The number of H-pyrrole nitrogens is 2. The van der Waals surface area contributed by atoms with E-state index in [0.29, 0.717) is 34.9 Å². The standard InChI is InChI=1S/C26H22N8OS/c1-14(2)8-21(35)30-17-9-15(11-27-13-17)16-10-19-23(33-34-24(19)29-12-16)26-31-22-18(20-4-3-7-36-20)5-6-28-25(22)32-26/h3-7,9-14H,8H2,1-2H3,(H,30,35)(H,28,31,32)(H,29,33,34). The summed E-state index contributed by atoms with van der Waals surface area (Å²) < 4.78 is 0. The molecule has 0 aliphatic carbocycles. The number of hydrogen-bond donors (Lipinski definition) is 3. The molecule has 6 heterocycles. The maximum absolute atomic E-state index is 12.2. The molecule has 0 spiro atoms. The van der Waals surface area contributed by atoms with Gasteiger partial charge in [0.05, 0.1) is 17.3 Å². The van der Waals surface area contributed by atoms with Gasteiger partial charge in [0.15, 0.2) is 17.1 Å². The average Bonchev–Trinajstić information content (AvgIpc) is 3.62. The Balaban J connectivity index is 1.38. The molecular formula is C26H22N8OS. The van der Waals surface area contributed by atoms with Gasteiger partial charge in [0.1, 0.15) is 11.2 Å². The molecule has 0 aromatic carbocycles. The molecule has 10 heteroatoms. The number of aromatic amines is 2. The quantitative estimate of drug-likeness (QED) is 0.274. The van der Waals surface area contributed by atoms with Crippen LogP contribution in [0.2, 0.25) is 0 Å². The minimum Gasteiger partial charge on any atom is -0.325 e. The van der Waals surface area contributed by atoms with Crippen molar-refractivity contribution in [2.45, 2.75) is 20.3 Å². The van der Waals surface area contributed by atoms with E-state index in [2.05, 4.69) is 41.5 Å². The lowest BCUT2D eigenvalue weighted by Crippen LogP contribution is -2.13. The van der Waals surface area contributed by atoms with Crippen molar-refractivity contribution >= 4 is 45.1 Å². The number of hydrogen-bond acceptors (Lipinski definition) is 7. The Kier molecular flexibility index (Phi) is 5.49. The van der Waals surface area contributed by atoms with Gasteiger partial charge in [0.2, 0.25) is 5.91 Å². The molecule has 0 bridgehead atoms. The number of carbonyl (C=O) groups excluding carboxylic acids is 1. The predicted octanol–water partition coefficient (Wildman–Crippen LogP) is 5.67. The van der Waals surface area contributed by atoms with E-state index < -0.39 is 0 Å². The van der Waals surface area contributed by atoms with Crippen LogP contribution < -0.4 is 5.32 Å². The third kappa shape index (κ3) is 4.11. The van der Waals surface area contributed by atoms with Crippen LogP contribution in [-0.4, -0.2) is 41.0 Å². The maximum Gasteiger partial charge on any atom is 0.224 e. The molecule has 178 valence electrons. The monoisotopic (exact) mass is 494 g/mol. The number of thiophene rings is 1. The molecule has 36 heavy (non-hydrogen) atoms. The Morgan fingerprint density at radius 3 is 2.81 bits per heavy atom. The first-order chi connectivity index (χ1) is 17.5. The zero-order valence-electron chi connectivity index (χ0n) is 19.6. The first-order valence-electron chi connectivity index (χ1n) is 11.5. The molecule has 0 saturated carbocycles. The SMILES string of the molecule is CC(C)CC(=O)Nc1cncc(-c2cnc3[nH]nc(-c4nc5c(-c6cccs6)ccnc5[nH]4)c3c2)c1. The second-order valence-electron chi connectivity index (χ2n) is 8.92. The number of rotatable bonds is 6. The third-order valence-electron chi connectivity index (χ3n) is 5.76. The molecule has 9 nitrogen and oxygen atoms in total. The van der Waals surface area contributed by atoms with Gasteiger partial charge in [0, 0.05) is 46.6 Å². The van der Waals surface area contributed by atoms with E-state index in [0.717, 1.165) is 32.5 Å². The first-order valence-corrected chi connectivity index (χ1v) is 12.4. The van der Waals surface area contributed by atoms with Crippen molar-refractivity contribution in [3.63, 3.8) is 0 Å². The fourth-order valence-electron chi connectivity index (χ4n) is 4.14. The lowest BCUT2D eigenvalue weighted by Gasteiger charge is -2.08. The van der Waals surface area contributed by atoms with Crippen molar-refractivity contribution in [1.82, 2.24) is 35.1 Å². The van der Waals surface area contributed by atoms with Crippen LogP contribution in [0.25, 0.3) is 55.3 Å². The Hall–Kier alpha value is -4.44. The van der Waals surface area contributed by atoms with Gasteiger partial charge in [-0.25, -0.2) is 15.0 Å². The van der Waals surface area contributed by atoms with E-state index in [-0.39, 0.29) is 11.8 Å². The second-order valence-corrected chi connectivity index (χ2v) is 9.87. The molecule has 0 fully saturated rings. The Bertz CT molecular complexity index is 1700. The van der Waals surface area contributed by atoms with Crippen LogP contribution in [0.15, 0.2) is 60.5 Å². The number of pyridine rings is 3. The van der Waals surface area contributed by atoms with E-state index in [1.807, 2.05) is 43.5 Å². The number of nitrogens with one attached hydrogen (secondary N) is 3. The van der Waals surface area contributed by atoms with Gasteiger partial charge in [-0.2, -0.15) is 5.10 Å². The highest BCUT2D eigenvalue weighted by atomic mass is 32.1. The fourth-order valence-corrected chi connectivity index (χ4v) is 4.90. The summed E-state index contributed by atoms with van der Waals surface area (Å²) >= 11 is 1.66. The van der Waals surface area contributed by atoms with Crippen molar-refractivity contribution in [3.05, 3.63) is 60.5 Å². The molecule has 6 rings (SSSR count). The maximum atomic E-state index is 12.2. The lowest BCUT2D eigenvalue weighted by molar-refractivity contribution is -0.116. The third-order valence-corrected chi connectivity index (χ3v) is 6.66. The largest absolute Gasteiger partial charge is 0.325 e.